The van der Waals surface area contributed by atoms with Crippen LogP contribution in [0.2, 0.25) is 0 Å². The molecule has 1 N–H and O–H groups in total. The van der Waals surface area contributed by atoms with Crippen molar-refractivity contribution in [2.75, 3.05) is 45.8 Å². The van der Waals surface area contributed by atoms with E-state index < -0.39 is 0 Å². The summed E-state index contributed by atoms with van der Waals surface area (Å²) in [4.78, 5) is 5.33. The molecule has 0 bridgehead atoms. The van der Waals surface area contributed by atoms with Gasteiger partial charge in [0.2, 0.25) is 0 Å². The lowest BCUT2D eigenvalue weighted by atomic mass is 9.85. The predicted molar refractivity (Wildman–Crippen MR) is 89.3 cm³/mol. The summed E-state index contributed by atoms with van der Waals surface area (Å²) in [5.41, 5.74) is 0.433. The Morgan fingerprint density at radius 3 is 2.45 bits per heavy atom. The van der Waals surface area contributed by atoms with Crippen LogP contribution in [-0.4, -0.2) is 61.7 Å². The molecule has 0 saturated carbocycles. The molecule has 0 aromatic rings. The lowest BCUT2D eigenvalue weighted by molar-refractivity contribution is 0.155. The first-order valence-corrected chi connectivity index (χ1v) is 8.75. The Morgan fingerprint density at radius 2 is 1.90 bits per heavy atom. The van der Waals surface area contributed by atoms with Gasteiger partial charge in [0, 0.05) is 25.7 Å². The van der Waals surface area contributed by atoms with Crippen molar-refractivity contribution < 1.29 is 0 Å². The molecule has 0 spiro atoms. The molecule has 0 aliphatic carbocycles. The molecular weight excluding hydrogens is 246 g/mol. The molecule has 0 aromatic heterocycles. The van der Waals surface area contributed by atoms with Crippen LogP contribution in [0.25, 0.3) is 0 Å². The van der Waals surface area contributed by atoms with Crippen LogP contribution in [0.5, 0.6) is 0 Å². The maximum absolute atomic E-state index is 3.57. The minimum absolute atomic E-state index is 0.433. The first kappa shape index (κ1) is 17.9. The highest BCUT2D eigenvalue weighted by atomic mass is 15.3. The van der Waals surface area contributed by atoms with E-state index in [2.05, 4.69) is 49.7 Å². The normalized spacial score (nSPS) is 23.4. The van der Waals surface area contributed by atoms with Gasteiger partial charge in [-0.05, 0) is 44.4 Å². The van der Waals surface area contributed by atoms with E-state index in [4.69, 9.17) is 0 Å². The molecule has 1 aliphatic rings. The zero-order valence-corrected chi connectivity index (χ0v) is 14.5. The van der Waals surface area contributed by atoms with Gasteiger partial charge < -0.3 is 10.2 Å². The molecule has 1 heterocycles. The summed E-state index contributed by atoms with van der Waals surface area (Å²) < 4.78 is 0. The molecule has 0 amide bonds. The van der Waals surface area contributed by atoms with Crippen LogP contribution in [-0.2, 0) is 0 Å². The van der Waals surface area contributed by atoms with Gasteiger partial charge in [-0.1, -0.05) is 41.0 Å². The van der Waals surface area contributed by atoms with Crippen LogP contribution >= 0.6 is 0 Å². The Balaban J connectivity index is 2.49. The number of hydrogen-bond donors (Lipinski definition) is 1. The molecular formula is C17H37N3. The molecule has 1 fully saturated rings. The number of nitrogens with zero attached hydrogens (tertiary/aromatic N) is 2. The van der Waals surface area contributed by atoms with Crippen LogP contribution in [0.4, 0.5) is 0 Å². The highest BCUT2D eigenvalue weighted by molar-refractivity contribution is 4.88. The number of likely N-dealkylation sites (tertiary alicyclic amines) is 1. The highest BCUT2D eigenvalue weighted by Crippen LogP contribution is 2.27. The Kier molecular flexibility index (Phi) is 8.08. The van der Waals surface area contributed by atoms with E-state index in [0.717, 1.165) is 19.1 Å². The van der Waals surface area contributed by atoms with Gasteiger partial charge in [0.1, 0.15) is 0 Å². The fraction of sp³-hybridized carbons (Fsp3) is 1.00. The van der Waals surface area contributed by atoms with Gasteiger partial charge in [-0.2, -0.15) is 0 Å². The monoisotopic (exact) mass is 283 g/mol. The molecule has 0 radical (unpaired) electrons. The summed E-state index contributed by atoms with van der Waals surface area (Å²) in [6, 6.07) is 0.787. The van der Waals surface area contributed by atoms with Gasteiger partial charge in [0.05, 0.1) is 0 Å². The van der Waals surface area contributed by atoms with Gasteiger partial charge in [0.25, 0.3) is 0 Å². The summed E-state index contributed by atoms with van der Waals surface area (Å²) in [5, 5.41) is 3.57. The van der Waals surface area contributed by atoms with Gasteiger partial charge in [-0.3, -0.25) is 4.90 Å². The van der Waals surface area contributed by atoms with E-state index in [1.54, 1.807) is 0 Å². The Labute approximate surface area is 127 Å². The summed E-state index contributed by atoms with van der Waals surface area (Å²) >= 11 is 0. The molecule has 2 unspecified atom stereocenters. The molecule has 1 rings (SSSR count). The van der Waals surface area contributed by atoms with E-state index >= 15 is 0 Å². The van der Waals surface area contributed by atoms with Crippen molar-refractivity contribution in [1.29, 1.82) is 0 Å². The second-order valence-corrected chi connectivity index (χ2v) is 6.74. The fourth-order valence-electron chi connectivity index (χ4n) is 3.79. The number of nitrogens with one attached hydrogen (secondary N) is 1. The Morgan fingerprint density at radius 1 is 1.20 bits per heavy atom. The molecule has 3 heteroatoms. The van der Waals surface area contributed by atoms with Gasteiger partial charge >= 0.3 is 0 Å². The average Bonchev–Trinajstić information content (AvgIpc) is 2.86. The minimum Gasteiger partial charge on any atom is -0.316 e. The fourth-order valence-corrected chi connectivity index (χ4v) is 3.79. The van der Waals surface area contributed by atoms with Crippen LogP contribution in [0, 0.1) is 5.41 Å². The second-order valence-electron chi connectivity index (χ2n) is 6.74. The van der Waals surface area contributed by atoms with Crippen molar-refractivity contribution in [2.24, 2.45) is 5.41 Å². The Hall–Kier alpha value is -0.120. The minimum atomic E-state index is 0.433. The van der Waals surface area contributed by atoms with Crippen LogP contribution in [0.3, 0.4) is 0 Å². The van der Waals surface area contributed by atoms with Crippen molar-refractivity contribution in [3.63, 3.8) is 0 Å². The third-order valence-electron chi connectivity index (χ3n) is 4.84. The third kappa shape index (κ3) is 5.34. The third-order valence-corrected chi connectivity index (χ3v) is 4.84. The summed E-state index contributed by atoms with van der Waals surface area (Å²) in [7, 11) is 0. The number of rotatable bonds is 10. The quantitative estimate of drug-likeness (QED) is 0.665. The van der Waals surface area contributed by atoms with Crippen molar-refractivity contribution in [3.05, 3.63) is 0 Å². The van der Waals surface area contributed by atoms with Gasteiger partial charge in [-0.15, -0.1) is 0 Å². The summed E-state index contributed by atoms with van der Waals surface area (Å²) in [5.74, 6) is 0. The van der Waals surface area contributed by atoms with Crippen molar-refractivity contribution in [2.45, 2.75) is 59.9 Å². The maximum Gasteiger partial charge on any atom is 0.0235 e. The van der Waals surface area contributed by atoms with E-state index in [1.807, 2.05) is 0 Å². The maximum atomic E-state index is 3.57. The Bertz CT molecular complexity index is 253. The molecule has 1 aliphatic heterocycles. The van der Waals surface area contributed by atoms with Crippen molar-refractivity contribution in [1.82, 2.24) is 15.1 Å². The van der Waals surface area contributed by atoms with Crippen LogP contribution in [0.1, 0.15) is 53.9 Å². The topological polar surface area (TPSA) is 18.5 Å². The SMILES string of the molecule is CCCC(C)(CNCC)CN1CCC(N(CC)CC)C1. The molecule has 0 aromatic carbocycles. The lowest BCUT2D eigenvalue weighted by Crippen LogP contribution is -2.43. The second kappa shape index (κ2) is 9.01. The first-order valence-electron chi connectivity index (χ1n) is 8.75. The van der Waals surface area contributed by atoms with Gasteiger partial charge in [-0.25, -0.2) is 0 Å². The molecule has 20 heavy (non-hydrogen) atoms. The molecule has 1 saturated heterocycles. The van der Waals surface area contributed by atoms with Crippen molar-refractivity contribution in [3.8, 4) is 0 Å². The van der Waals surface area contributed by atoms with Crippen LogP contribution in [0.15, 0.2) is 0 Å². The van der Waals surface area contributed by atoms with Crippen LogP contribution < -0.4 is 5.32 Å². The molecule has 120 valence electrons. The van der Waals surface area contributed by atoms with E-state index in [1.165, 1.54) is 52.0 Å². The zero-order valence-electron chi connectivity index (χ0n) is 14.5. The number of hydrogen-bond acceptors (Lipinski definition) is 3. The van der Waals surface area contributed by atoms with E-state index in [9.17, 15) is 0 Å². The smallest absolute Gasteiger partial charge is 0.0235 e. The predicted octanol–water partition coefficient (Wildman–Crippen LogP) is 2.82. The first-order chi connectivity index (χ1) is 9.58. The zero-order chi connectivity index (χ0) is 15.0. The largest absolute Gasteiger partial charge is 0.316 e. The molecule has 3 nitrogen and oxygen atoms in total. The lowest BCUT2D eigenvalue weighted by Gasteiger charge is -2.34. The average molecular weight is 284 g/mol. The van der Waals surface area contributed by atoms with Crippen molar-refractivity contribution >= 4 is 0 Å². The molecule has 2 atom stereocenters. The van der Waals surface area contributed by atoms with E-state index in [-0.39, 0.29) is 0 Å². The number of likely N-dealkylation sites (N-methyl/N-ethyl adjacent to an activating group) is 1. The van der Waals surface area contributed by atoms with Gasteiger partial charge in [0.15, 0.2) is 0 Å². The highest BCUT2D eigenvalue weighted by Gasteiger charge is 2.31. The van der Waals surface area contributed by atoms with E-state index in [0.29, 0.717) is 5.41 Å². The summed E-state index contributed by atoms with van der Waals surface area (Å²) in [6.45, 7) is 20.0. The summed E-state index contributed by atoms with van der Waals surface area (Å²) in [6.07, 6.45) is 3.97. The standard InChI is InChI=1S/C17H37N3/c1-6-11-17(5,14-18-7-2)15-19-12-10-16(13-19)20(8-3)9-4/h16,18H,6-15H2,1-5H3.